The van der Waals surface area contributed by atoms with Crippen LogP contribution in [0.5, 0.6) is 0 Å². The van der Waals surface area contributed by atoms with Crippen molar-refractivity contribution < 1.29 is 9.59 Å². The number of hydrogen-bond acceptors (Lipinski definition) is 10. The number of amidine groups is 2. The van der Waals surface area contributed by atoms with Crippen molar-refractivity contribution in [2.24, 2.45) is 28.5 Å². The summed E-state index contributed by atoms with van der Waals surface area (Å²) in [6, 6.07) is 45.1. The van der Waals surface area contributed by atoms with Crippen LogP contribution in [0.15, 0.2) is 193 Å². The maximum absolute atomic E-state index is 14.3. The number of aliphatic imine (C=N–C) groups is 2. The number of carbonyl (C=O) groups excluding carboxylic acids is 2. The summed E-state index contributed by atoms with van der Waals surface area (Å²) in [7, 11) is 1.75. The van der Waals surface area contributed by atoms with E-state index >= 15 is 0 Å². The van der Waals surface area contributed by atoms with Crippen LogP contribution < -0.4 is 22.9 Å². The molecule has 366 valence electrons. The maximum Gasteiger partial charge on any atom is 0.314 e. The number of imidazole rings is 2. The SMILES string of the molecule is Cn1ccnc1C(=O)N=C(N)C1(c2ccc(-c3cnc(N)nc3)cc2)CC(c2ccc(C(c3ccccc3)(c3ccccc3)n3cnc(C(=O)N=C(N)C4(c5ccc(-c6cnc(N)nc6)cc5)CCC4)c3)cc2)C1. The van der Waals surface area contributed by atoms with Crippen LogP contribution in [0.25, 0.3) is 22.3 Å². The van der Waals surface area contributed by atoms with E-state index in [-0.39, 0.29) is 41.0 Å². The van der Waals surface area contributed by atoms with Gasteiger partial charge in [-0.3, -0.25) is 9.59 Å². The average Bonchev–Trinajstić information content (AvgIpc) is 4.08. The Kier molecular flexibility index (Phi) is 12.0. The number of benzene rings is 5. The van der Waals surface area contributed by atoms with Gasteiger partial charge in [-0.1, -0.05) is 140 Å². The van der Waals surface area contributed by atoms with Crippen molar-refractivity contribution in [2.45, 2.75) is 54.4 Å². The van der Waals surface area contributed by atoms with Crippen LogP contribution in [0.4, 0.5) is 11.9 Å². The average molecular weight is 977 g/mol. The molecule has 5 aromatic carbocycles. The van der Waals surface area contributed by atoms with Crippen molar-refractivity contribution in [3.63, 3.8) is 0 Å². The van der Waals surface area contributed by atoms with Gasteiger partial charge in [-0.2, -0.15) is 9.98 Å². The highest BCUT2D eigenvalue weighted by molar-refractivity contribution is 6.06. The van der Waals surface area contributed by atoms with Gasteiger partial charge in [0.2, 0.25) is 17.7 Å². The lowest BCUT2D eigenvalue weighted by Crippen LogP contribution is -2.51. The third kappa shape index (κ3) is 8.25. The molecule has 2 aliphatic carbocycles. The molecule has 16 heteroatoms. The molecule has 16 nitrogen and oxygen atoms in total. The van der Waals surface area contributed by atoms with Crippen molar-refractivity contribution in [3.05, 3.63) is 228 Å². The molecule has 0 saturated heterocycles. The summed E-state index contributed by atoms with van der Waals surface area (Å²) >= 11 is 0. The van der Waals surface area contributed by atoms with Crippen LogP contribution >= 0.6 is 0 Å². The first kappa shape index (κ1) is 46.9. The smallest absolute Gasteiger partial charge is 0.314 e. The number of nitrogens with two attached hydrogens (primary N) is 4. The molecule has 4 aromatic heterocycles. The van der Waals surface area contributed by atoms with Crippen LogP contribution in [0.3, 0.4) is 0 Å². The monoisotopic (exact) mass is 976 g/mol. The topological polar surface area (TPSA) is 250 Å². The fourth-order valence-electron chi connectivity index (χ4n) is 10.8. The molecule has 0 radical (unpaired) electrons. The van der Waals surface area contributed by atoms with E-state index in [4.69, 9.17) is 27.9 Å². The minimum Gasteiger partial charge on any atom is -0.386 e. The van der Waals surface area contributed by atoms with Crippen molar-refractivity contribution in [1.82, 2.24) is 39.0 Å². The molecule has 0 spiro atoms. The molecule has 0 bridgehead atoms. The molecule has 4 heterocycles. The molecule has 9 aromatic rings. The minimum atomic E-state index is -0.975. The van der Waals surface area contributed by atoms with Gasteiger partial charge in [0.15, 0.2) is 0 Å². The summed E-state index contributed by atoms with van der Waals surface area (Å²) in [6.07, 6.45) is 17.2. The Hall–Kier alpha value is -9.44. The van der Waals surface area contributed by atoms with E-state index in [0.29, 0.717) is 12.8 Å². The number of nitrogens with zero attached hydrogens (tertiary/aromatic N) is 10. The summed E-state index contributed by atoms with van der Waals surface area (Å²) in [4.78, 5) is 62.3. The quantitative estimate of drug-likeness (QED) is 0.0485. The number of aryl methyl sites for hydroxylation is 1. The van der Waals surface area contributed by atoms with Gasteiger partial charge in [0.05, 0.1) is 17.2 Å². The highest BCUT2D eigenvalue weighted by Crippen LogP contribution is 2.54. The second kappa shape index (κ2) is 19.0. The van der Waals surface area contributed by atoms with E-state index in [1.165, 1.54) is 0 Å². The van der Waals surface area contributed by atoms with E-state index in [1.54, 1.807) is 61.3 Å². The zero-order valence-corrected chi connectivity index (χ0v) is 40.5. The molecule has 11 rings (SSSR count). The van der Waals surface area contributed by atoms with Crippen molar-refractivity contribution in [1.29, 1.82) is 0 Å². The maximum atomic E-state index is 14.3. The molecule has 8 N–H and O–H groups in total. The lowest BCUT2D eigenvalue weighted by atomic mass is 9.56. The Morgan fingerprint density at radius 1 is 0.581 bits per heavy atom. The molecule has 74 heavy (non-hydrogen) atoms. The normalized spacial score (nSPS) is 17.5. The number of anilines is 2. The lowest BCUT2D eigenvalue weighted by Gasteiger charge is -2.48. The molecule has 2 amide bonds. The van der Waals surface area contributed by atoms with Crippen molar-refractivity contribution in [2.75, 3.05) is 11.5 Å². The molecular formula is C58H52N14O2. The second-order valence-electron chi connectivity index (χ2n) is 19.1. The van der Waals surface area contributed by atoms with Crippen LogP contribution in [-0.4, -0.2) is 62.5 Å². The molecule has 2 fully saturated rings. The van der Waals surface area contributed by atoms with Gasteiger partial charge >= 0.3 is 5.91 Å². The molecule has 2 aliphatic rings. The van der Waals surface area contributed by atoms with Gasteiger partial charge in [-0.05, 0) is 76.1 Å². The largest absolute Gasteiger partial charge is 0.386 e. The molecule has 0 atom stereocenters. The van der Waals surface area contributed by atoms with E-state index in [0.717, 1.165) is 74.9 Å². The summed E-state index contributed by atoms with van der Waals surface area (Å²) in [5.74, 6) is 0.143. The van der Waals surface area contributed by atoms with Gasteiger partial charge in [0.25, 0.3) is 5.91 Å². The lowest BCUT2D eigenvalue weighted by molar-refractivity contribution is 0.0983. The highest BCUT2D eigenvalue weighted by atomic mass is 16.2. The van der Waals surface area contributed by atoms with E-state index < -0.39 is 28.2 Å². The summed E-state index contributed by atoms with van der Waals surface area (Å²) in [5.41, 5.74) is 32.5. The number of hydrogen-bond donors (Lipinski definition) is 4. The number of nitrogen functional groups attached to an aromatic ring is 2. The Morgan fingerprint density at radius 2 is 1.07 bits per heavy atom. The second-order valence-corrected chi connectivity index (χ2v) is 19.1. The Morgan fingerprint density at radius 3 is 1.55 bits per heavy atom. The molecular weight excluding hydrogens is 925 g/mol. The van der Waals surface area contributed by atoms with Crippen molar-refractivity contribution in [3.8, 4) is 22.3 Å². The summed E-state index contributed by atoms with van der Waals surface area (Å²) < 4.78 is 3.62. The predicted octanol–water partition coefficient (Wildman–Crippen LogP) is 8.17. The number of rotatable bonds is 13. The third-order valence-electron chi connectivity index (χ3n) is 15.1. The van der Waals surface area contributed by atoms with Crippen LogP contribution in [0.2, 0.25) is 0 Å². The predicted molar refractivity (Wildman–Crippen MR) is 285 cm³/mol. The van der Waals surface area contributed by atoms with Gasteiger partial charge in [0, 0.05) is 61.6 Å². The number of amides is 2. The van der Waals surface area contributed by atoms with Gasteiger partial charge in [-0.15, -0.1) is 0 Å². The molecule has 0 aliphatic heterocycles. The van der Waals surface area contributed by atoms with Crippen LogP contribution in [0.1, 0.15) is 92.5 Å². The van der Waals surface area contributed by atoms with E-state index in [1.807, 2.05) is 89.5 Å². The standard InChI is InChI=1S/C58H52N14O2/c1-71-28-27-63-49(71)51(74)70-53(60)57(44-21-15-39(16-22-44)42-33-66-55(62)67-34-42)29-40(30-57)37-17-23-47(24-18-37)58(45-9-4-2-5-10-45,46-11-6-3-7-12-46)72-35-48(68-36-72)50(73)69-52(59)56(25-8-26-56)43-19-13-38(14-20-43)41-31-64-54(61)65-32-41/h2-7,9-24,27-28,31-36,40H,8,25-26,29-30H2,1H3,(H2,59,69,73)(H2,60,70,74)(H2,61,64,65)(H2,62,66,67). The highest BCUT2D eigenvalue weighted by Gasteiger charge is 2.50. The van der Waals surface area contributed by atoms with Crippen LogP contribution in [-0.2, 0) is 23.4 Å². The Labute approximate surface area is 427 Å². The Bertz CT molecular complexity index is 3500. The minimum absolute atomic E-state index is 0.0742. The summed E-state index contributed by atoms with van der Waals surface area (Å²) in [6.45, 7) is 0. The van der Waals surface area contributed by atoms with Gasteiger partial charge < -0.3 is 32.1 Å². The first-order valence-corrected chi connectivity index (χ1v) is 24.3. The van der Waals surface area contributed by atoms with Crippen LogP contribution in [0, 0.1) is 0 Å². The fraction of sp³-hybridized carbons (Fsp3) is 0.172. The van der Waals surface area contributed by atoms with E-state index in [2.05, 4.69) is 83.4 Å². The first-order valence-electron chi connectivity index (χ1n) is 24.3. The van der Waals surface area contributed by atoms with Crippen molar-refractivity contribution >= 4 is 35.4 Å². The third-order valence-corrected chi connectivity index (χ3v) is 15.1. The first-order chi connectivity index (χ1) is 36.0. The summed E-state index contributed by atoms with van der Waals surface area (Å²) in [5, 5.41) is 0. The fourth-order valence-corrected chi connectivity index (χ4v) is 10.8. The Balaban J connectivity index is 0.914. The number of aromatic nitrogens is 8. The zero-order valence-electron chi connectivity index (χ0n) is 40.5. The van der Waals surface area contributed by atoms with E-state index in [9.17, 15) is 9.59 Å². The number of carbonyl (C=O) groups is 2. The molecule has 2 saturated carbocycles. The van der Waals surface area contributed by atoms with Gasteiger partial charge in [-0.25, -0.2) is 29.9 Å². The zero-order chi connectivity index (χ0) is 51.0. The van der Waals surface area contributed by atoms with Gasteiger partial charge in [0.1, 0.15) is 22.9 Å². The molecule has 0 unspecified atom stereocenters.